The fourth-order valence-corrected chi connectivity index (χ4v) is 8.28. The van der Waals surface area contributed by atoms with Gasteiger partial charge in [-0.1, -0.05) is 6.07 Å². The van der Waals surface area contributed by atoms with E-state index in [-0.39, 0.29) is 30.7 Å². The van der Waals surface area contributed by atoms with Crippen molar-refractivity contribution in [2.75, 3.05) is 40.8 Å². The smallest absolute Gasteiger partial charge is 0.415 e. The van der Waals surface area contributed by atoms with E-state index in [1.807, 2.05) is 18.2 Å². The first-order chi connectivity index (χ1) is 21.5. The summed E-state index contributed by atoms with van der Waals surface area (Å²) in [5.74, 6) is 1.30. The van der Waals surface area contributed by atoms with E-state index in [0.29, 0.717) is 29.9 Å². The van der Waals surface area contributed by atoms with Crippen LogP contribution in [-0.2, 0) is 32.8 Å². The summed E-state index contributed by atoms with van der Waals surface area (Å²) in [6, 6.07) is 11.1. The van der Waals surface area contributed by atoms with Gasteiger partial charge in [0.05, 0.1) is 44.6 Å². The lowest BCUT2D eigenvalue weighted by molar-refractivity contribution is -0.957. The highest BCUT2D eigenvalue weighted by molar-refractivity contribution is 5.89. The number of nitrogens with two attached hydrogens (primary N) is 2. The number of primary amides is 1. The number of Topliss-reactive ketones (excluding diaryl/α,β-unsaturated/α-hetero) is 1. The highest BCUT2D eigenvalue weighted by atomic mass is 16.6. The van der Waals surface area contributed by atoms with Gasteiger partial charge in [0.15, 0.2) is 23.4 Å². The molecule has 0 radical (unpaired) electrons. The summed E-state index contributed by atoms with van der Waals surface area (Å²) in [6.07, 6.45) is 1.99. The molecule has 2 fully saturated rings. The first-order valence-electron chi connectivity index (χ1n) is 15.5. The van der Waals surface area contributed by atoms with Crippen molar-refractivity contribution in [2.24, 2.45) is 17.4 Å². The highest BCUT2D eigenvalue weighted by Crippen LogP contribution is 2.64. The lowest BCUT2D eigenvalue weighted by atomic mass is 9.51. The summed E-state index contributed by atoms with van der Waals surface area (Å²) in [7, 11) is 5.55. The van der Waals surface area contributed by atoms with Gasteiger partial charge in [0, 0.05) is 56.4 Å². The molecule has 2 aliphatic heterocycles. The zero-order valence-electron chi connectivity index (χ0n) is 26.0. The third-order valence-corrected chi connectivity index (χ3v) is 10.5. The summed E-state index contributed by atoms with van der Waals surface area (Å²) in [4.78, 5) is 50.1. The SMILES string of the molecule is COc1ccc2c3c1OC1C(=O)CCC4C(C2)[N+](C)(Cc2ccc(OC(=O)N(C)CCNC(=O)[C@@H](N)CC(N)=O)cc2)CCC314. The first kappa shape index (κ1) is 30.8. The Morgan fingerprint density at radius 3 is 2.67 bits per heavy atom. The van der Waals surface area contributed by atoms with Crippen LogP contribution in [0.5, 0.6) is 17.2 Å². The third-order valence-electron chi connectivity index (χ3n) is 10.5. The molecule has 12 nitrogen and oxygen atoms in total. The maximum absolute atomic E-state index is 13.2. The Labute approximate surface area is 262 Å². The normalized spacial score (nSPS) is 27.9. The highest BCUT2D eigenvalue weighted by Gasteiger charge is 2.69. The van der Waals surface area contributed by atoms with Crippen molar-refractivity contribution in [3.8, 4) is 17.2 Å². The van der Waals surface area contributed by atoms with Crippen LogP contribution < -0.4 is 31.0 Å². The minimum absolute atomic E-state index is 0.149. The topological polar surface area (TPSA) is 163 Å². The van der Waals surface area contributed by atoms with Crippen LogP contribution in [-0.4, -0.2) is 92.1 Å². The molecule has 1 saturated carbocycles. The number of likely N-dealkylation sites (N-methyl/N-ethyl adjacent to an activating group) is 2. The van der Waals surface area contributed by atoms with Crippen molar-refractivity contribution < 1.29 is 37.9 Å². The molecule has 6 rings (SSSR count). The summed E-state index contributed by atoms with van der Waals surface area (Å²) >= 11 is 0. The van der Waals surface area contributed by atoms with E-state index in [1.54, 1.807) is 26.3 Å². The molecule has 4 aliphatic rings. The Bertz CT molecular complexity index is 1530. The van der Waals surface area contributed by atoms with Gasteiger partial charge in [-0.3, -0.25) is 14.4 Å². The Morgan fingerprint density at radius 2 is 1.96 bits per heavy atom. The predicted octanol–water partition coefficient (Wildman–Crippen LogP) is 1.40. The average Bonchev–Trinajstić information content (AvgIpc) is 3.36. The lowest BCUT2D eigenvalue weighted by Gasteiger charge is -2.60. The summed E-state index contributed by atoms with van der Waals surface area (Å²) < 4.78 is 18.5. The van der Waals surface area contributed by atoms with Crippen LogP contribution >= 0.6 is 0 Å². The molecular weight excluding hydrogens is 578 g/mol. The van der Waals surface area contributed by atoms with E-state index >= 15 is 0 Å². The summed E-state index contributed by atoms with van der Waals surface area (Å²) in [5.41, 5.74) is 14.1. The molecule has 2 heterocycles. The molecule has 1 spiro atoms. The van der Waals surface area contributed by atoms with Gasteiger partial charge in [-0.25, -0.2) is 4.79 Å². The Hall–Kier alpha value is -4.16. The number of likely N-dealkylation sites (tertiary alicyclic amines) is 1. The monoisotopic (exact) mass is 620 g/mol. The number of hydrogen-bond acceptors (Lipinski definition) is 8. The fraction of sp³-hybridized carbons (Fsp3) is 0.515. The molecule has 2 aromatic rings. The molecule has 45 heavy (non-hydrogen) atoms. The molecule has 2 bridgehead atoms. The van der Waals surface area contributed by atoms with Gasteiger partial charge >= 0.3 is 6.09 Å². The van der Waals surface area contributed by atoms with Crippen LogP contribution in [0, 0.1) is 5.92 Å². The van der Waals surface area contributed by atoms with Crippen molar-refractivity contribution in [2.45, 2.75) is 62.3 Å². The van der Waals surface area contributed by atoms with Crippen LogP contribution in [0.4, 0.5) is 4.79 Å². The molecule has 240 valence electrons. The number of piperidine rings is 1. The van der Waals surface area contributed by atoms with Gasteiger partial charge in [-0.15, -0.1) is 0 Å². The van der Waals surface area contributed by atoms with Crippen LogP contribution in [0.15, 0.2) is 36.4 Å². The van der Waals surface area contributed by atoms with Crippen molar-refractivity contribution in [3.63, 3.8) is 0 Å². The molecule has 1 saturated heterocycles. The second-order valence-electron chi connectivity index (χ2n) is 13.2. The zero-order valence-corrected chi connectivity index (χ0v) is 26.0. The molecule has 2 aliphatic carbocycles. The first-order valence-corrected chi connectivity index (χ1v) is 15.5. The molecule has 12 heteroatoms. The van der Waals surface area contributed by atoms with Crippen LogP contribution in [0.1, 0.15) is 42.4 Å². The number of ether oxygens (including phenoxy) is 3. The molecule has 0 aromatic heterocycles. The lowest BCUT2D eigenvalue weighted by Crippen LogP contribution is -2.71. The maximum atomic E-state index is 13.2. The molecule has 3 amide bonds. The standard InChI is InChI=1S/C33H41N5O7/c1-37(14-13-36-31(41)23(34)17-27(35)40)32(42)44-21-7-4-19(5-8-21)18-38(2)15-12-33-22-9-10-25(39)30(33)45-29-26(43-3)11-6-20(28(29)33)16-24(22)38/h4-8,11,22-24,30H,9-10,12-18,34H2,1-3H3,(H2-,35,36,40,41)/p+1/t22?,23-,24?,30?,33?,38?/m0/s1. The number of carbonyl (C=O) groups excluding carboxylic acids is 4. The van der Waals surface area contributed by atoms with Crippen LogP contribution in [0.2, 0.25) is 0 Å². The number of quaternary nitrogens is 1. The summed E-state index contributed by atoms with van der Waals surface area (Å²) in [5, 5.41) is 2.59. The minimum atomic E-state index is -1.03. The Kier molecular flexibility index (Phi) is 7.98. The zero-order chi connectivity index (χ0) is 32.1. The Balaban J connectivity index is 1.10. The average molecular weight is 621 g/mol. The van der Waals surface area contributed by atoms with Gasteiger partial charge in [-0.2, -0.15) is 0 Å². The van der Waals surface area contributed by atoms with Crippen LogP contribution in [0.3, 0.4) is 0 Å². The van der Waals surface area contributed by atoms with E-state index < -0.39 is 30.1 Å². The number of rotatable bonds is 10. The van der Waals surface area contributed by atoms with E-state index in [0.717, 1.165) is 48.1 Å². The molecule has 5 N–H and O–H groups in total. The third kappa shape index (κ3) is 5.29. The van der Waals surface area contributed by atoms with E-state index in [1.165, 1.54) is 16.0 Å². The molecule has 6 atom stereocenters. The number of hydrogen-bond donors (Lipinski definition) is 3. The second kappa shape index (κ2) is 11.6. The van der Waals surface area contributed by atoms with E-state index in [2.05, 4.69) is 18.4 Å². The van der Waals surface area contributed by atoms with Gasteiger partial charge < -0.3 is 40.4 Å². The van der Waals surface area contributed by atoms with Gasteiger partial charge in [0.1, 0.15) is 12.3 Å². The molecular formula is C33H42N5O7+. The van der Waals surface area contributed by atoms with Gasteiger partial charge in [0.25, 0.3) is 0 Å². The quantitative estimate of drug-likeness (QED) is 0.336. The minimum Gasteiger partial charge on any atom is -0.493 e. The van der Waals surface area contributed by atoms with Crippen molar-refractivity contribution in [1.82, 2.24) is 10.2 Å². The number of amides is 3. The van der Waals surface area contributed by atoms with Crippen molar-refractivity contribution in [3.05, 3.63) is 53.1 Å². The number of ketones is 1. The van der Waals surface area contributed by atoms with E-state index in [4.69, 9.17) is 25.7 Å². The number of nitrogens with one attached hydrogen (secondary N) is 1. The molecule has 2 aromatic carbocycles. The van der Waals surface area contributed by atoms with Crippen LogP contribution in [0.25, 0.3) is 0 Å². The molecule has 5 unspecified atom stereocenters. The number of benzene rings is 2. The number of methoxy groups -OCH3 is 1. The van der Waals surface area contributed by atoms with Gasteiger partial charge in [0.2, 0.25) is 11.8 Å². The second-order valence-corrected chi connectivity index (χ2v) is 13.2. The fourth-order valence-electron chi connectivity index (χ4n) is 8.28. The largest absolute Gasteiger partial charge is 0.493 e. The van der Waals surface area contributed by atoms with E-state index in [9.17, 15) is 19.2 Å². The number of nitrogens with zero attached hydrogens (tertiary/aromatic N) is 2. The predicted molar refractivity (Wildman–Crippen MR) is 164 cm³/mol. The number of carbonyl (C=O) groups is 4. The van der Waals surface area contributed by atoms with Crippen molar-refractivity contribution in [1.29, 1.82) is 0 Å². The summed E-state index contributed by atoms with van der Waals surface area (Å²) in [6.45, 7) is 2.09. The van der Waals surface area contributed by atoms with Gasteiger partial charge in [-0.05, 0) is 42.3 Å². The Morgan fingerprint density at radius 1 is 1.20 bits per heavy atom. The maximum Gasteiger partial charge on any atom is 0.415 e. The van der Waals surface area contributed by atoms with Crippen molar-refractivity contribution >= 4 is 23.7 Å².